The first-order valence-corrected chi connectivity index (χ1v) is 9.65. The van der Waals surface area contributed by atoms with Crippen LogP contribution in [-0.4, -0.2) is 29.9 Å². The van der Waals surface area contributed by atoms with E-state index in [-0.39, 0.29) is 24.0 Å². The quantitative estimate of drug-likeness (QED) is 0.374. The van der Waals surface area contributed by atoms with Crippen LogP contribution in [0, 0.1) is 5.92 Å². The van der Waals surface area contributed by atoms with Gasteiger partial charge in [-0.05, 0) is 40.5 Å². The summed E-state index contributed by atoms with van der Waals surface area (Å²) in [4.78, 5) is 11.6. The fraction of sp³-hybridized carbons (Fsp3) is 0.929. The van der Waals surface area contributed by atoms with Crippen LogP contribution in [0.2, 0.25) is 0 Å². The van der Waals surface area contributed by atoms with Crippen molar-refractivity contribution in [3.8, 4) is 0 Å². The van der Waals surface area contributed by atoms with Gasteiger partial charge in [0, 0.05) is 5.92 Å². The fourth-order valence-corrected chi connectivity index (χ4v) is 5.15. The van der Waals surface area contributed by atoms with Gasteiger partial charge in [-0.1, -0.05) is 12.8 Å². The molecule has 0 aromatic rings. The minimum absolute atomic E-state index is 0.000463. The van der Waals surface area contributed by atoms with Crippen LogP contribution < -0.4 is 0 Å². The van der Waals surface area contributed by atoms with Crippen LogP contribution in [0.5, 0.6) is 0 Å². The molecule has 1 aliphatic carbocycles. The van der Waals surface area contributed by atoms with Crippen LogP contribution in [-0.2, 0) is 23.1 Å². The zero-order valence-corrected chi connectivity index (χ0v) is 14.9. The summed E-state index contributed by atoms with van der Waals surface area (Å²) in [5, 5.41) is 0. The van der Waals surface area contributed by atoms with E-state index in [0.29, 0.717) is 0 Å². The van der Waals surface area contributed by atoms with E-state index >= 15 is 0 Å². The third-order valence-electron chi connectivity index (χ3n) is 3.19. The standard InChI is InChI=1S/C14H26ClO5P/c1-10(2)19-21(17,20-11(3)4)14(18-13(16)9-15)12-7-5-6-8-12/h10-12,14H,5-9H2,1-4H3. The summed E-state index contributed by atoms with van der Waals surface area (Å²) in [7, 11) is -3.56. The molecule has 21 heavy (non-hydrogen) atoms. The molecule has 0 aliphatic heterocycles. The molecular formula is C14H26ClO5P. The van der Waals surface area contributed by atoms with E-state index in [1.54, 1.807) is 27.7 Å². The zero-order valence-electron chi connectivity index (χ0n) is 13.2. The molecule has 5 nitrogen and oxygen atoms in total. The molecular weight excluding hydrogens is 315 g/mol. The van der Waals surface area contributed by atoms with Gasteiger partial charge in [-0.3, -0.25) is 9.36 Å². The first-order chi connectivity index (χ1) is 9.78. The van der Waals surface area contributed by atoms with Gasteiger partial charge < -0.3 is 13.8 Å². The minimum atomic E-state index is -3.56. The molecule has 1 fully saturated rings. The third-order valence-corrected chi connectivity index (χ3v) is 5.99. The molecule has 1 saturated carbocycles. The predicted molar refractivity (Wildman–Crippen MR) is 82.6 cm³/mol. The van der Waals surface area contributed by atoms with Crippen molar-refractivity contribution >= 4 is 25.2 Å². The Morgan fingerprint density at radius 1 is 1.14 bits per heavy atom. The summed E-state index contributed by atoms with van der Waals surface area (Å²) in [6, 6.07) is 0. The van der Waals surface area contributed by atoms with Crippen molar-refractivity contribution in [2.45, 2.75) is 71.4 Å². The Morgan fingerprint density at radius 2 is 1.62 bits per heavy atom. The number of hydrogen-bond donors (Lipinski definition) is 0. The number of halogens is 1. The second-order valence-electron chi connectivity index (χ2n) is 5.91. The van der Waals surface area contributed by atoms with Gasteiger partial charge in [0.1, 0.15) is 5.88 Å². The maximum atomic E-state index is 13.2. The van der Waals surface area contributed by atoms with Crippen molar-refractivity contribution < 1.29 is 23.1 Å². The number of carbonyl (C=O) groups excluding carboxylic acids is 1. The second-order valence-corrected chi connectivity index (χ2v) is 8.18. The lowest BCUT2D eigenvalue weighted by Crippen LogP contribution is -2.30. The van der Waals surface area contributed by atoms with Crippen molar-refractivity contribution in [2.24, 2.45) is 5.92 Å². The van der Waals surface area contributed by atoms with Crippen LogP contribution >= 0.6 is 19.2 Å². The molecule has 124 valence electrons. The third kappa shape index (κ3) is 5.90. The Labute approximate surface area is 132 Å². The van der Waals surface area contributed by atoms with Gasteiger partial charge in [-0.15, -0.1) is 11.6 Å². The van der Waals surface area contributed by atoms with Gasteiger partial charge >= 0.3 is 13.6 Å². The van der Waals surface area contributed by atoms with Gasteiger partial charge in [0.25, 0.3) is 0 Å². The summed E-state index contributed by atoms with van der Waals surface area (Å²) < 4.78 is 29.7. The van der Waals surface area contributed by atoms with Crippen molar-refractivity contribution in [3.05, 3.63) is 0 Å². The van der Waals surface area contributed by atoms with Crippen LogP contribution in [0.4, 0.5) is 0 Å². The Bertz CT molecular complexity index is 366. The van der Waals surface area contributed by atoms with E-state index in [1.807, 2.05) is 0 Å². The Morgan fingerprint density at radius 3 is 2.00 bits per heavy atom. The number of hydrogen-bond acceptors (Lipinski definition) is 5. The van der Waals surface area contributed by atoms with E-state index in [0.717, 1.165) is 25.7 Å². The van der Waals surface area contributed by atoms with E-state index in [2.05, 4.69) is 0 Å². The number of ether oxygens (including phenoxy) is 1. The summed E-state index contributed by atoms with van der Waals surface area (Å²) >= 11 is 5.52. The summed E-state index contributed by atoms with van der Waals surface area (Å²) in [6.45, 7) is 7.13. The second kappa shape index (κ2) is 8.52. The first kappa shape index (κ1) is 19.0. The Hall–Kier alpha value is -0.0900. The molecule has 1 unspecified atom stereocenters. The number of carbonyl (C=O) groups is 1. The lowest BCUT2D eigenvalue weighted by atomic mass is 10.1. The highest BCUT2D eigenvalue weighted by atomic mass is 35.5. The molecule has 0 spiro atoms. The number of rotatable bonds is 8. The van der Waals surface area contributed by atoms with Crippen molar-refractivity contribution in [2.75, 3.05) is 5.88 Å². The van der Waals surface area contributed by atoms with Gasteiger partial charge in [-0.25, -0.2) is 0 Å². The topological polar surface area (TPSA) is 61.8 Å². The van der Waals surface area contributed by atoms with Crippen molar-refractivity contribution in [1.29, 1.82) is 0 Å². The van der Waals surface area contributed by atoms with E-state index in [4.69, 9.17) is 25.4 Å². The van der Waals surface area contributed by atoms with E-state index < -0.39 is 19.4 Å². The molecule has 1 rings (SSSR count). The normalized spacial score (nSPS) is 18.4. The lowest BCUT2D eigenvalue weighted by Gasteiger charge is -2.32. The number of esters is 1. The van der Waals surface area contributed by atoms with E-state index in [1.165, 1.54) is 0 Å². The largest absolute Gasteiger partial charge is 0.448 e. The van der Waals surface area contributed by atoms with Crippen LogP contribution in [0.1, 0.15) is 53.4 Å². The average Bonchev–Trinajstić information content (AvgIpc) is 2.86. The minimum Gasteiger partial charge on any atom is -0.448 e. The predicted octanol–water partition coefficient (Wildman–Crippen LogP) is 4.33. The summed E-state index contributed by atoms with van der Waals surface area (Å²) in [5.74, 6) is -1.72. The monoisotopic (exact) mass is 340 g/mol. The van der Waals surface area contributed by atoms with Gasteiger partial charge in [0.05, 0.1) is 12.2 Å². The average molecular weight is 341 g/mol. The van der Waals surface area contributed by atoms with Crippen molar-refractivity contribution in [3.63, 3.8) is 0 Å². The highest BCUT2D eigenvalue weighted by Crippen LogP contribution is 2.59. The maximum Gasteiger partial charge on any atom is 0.371 e. The molecule has 0 aromatic heterocycles. The molecule has 0 bridgehead atoms. The van der Waals surface area contributed by atoms with Crippen LogP contribution in [0.25, 0.3) is 0 Å². The molecule has 0 saturated heterocycles. The Kier molecular flexibility index (Phi) is 7.69. The molecule has 0 N–H and O–H groups in total. The zero-order chi connectivity index (χ0) is 16.0. The summed E-state index contributed by atoms with van der Waals surface area (Å²) in [5.41, 5.74) is 0. The van der Waals surface area contributed by atoms with Gasteiger partial charge in [-0.2, -0.15) is 0 Å². The molecule has 1 atom stereocenters. The smallest absolute Gasteiger partial charge is 0.371 e. The molecule has 0 radical (unpaired) electrons. The fourth-order valence-electron chi connectivity index (χ4n) is 2.56. The maximum absolute atomic E-state index is 13.2. The van der Waals surface area contributed by atoms with Crippen LogP contribution in [0.3, 0.4) is 0 Å². The molecule has 0 amide bonds. The number of alkyl halides is 1. The van der Waals surface area contributed by atoms with Gasteiger partial charge in [0.2, 0.25) is 5.85 Å². The molecule has 0 aromatic carbocycles. The van der Waals surface area contributed by atoms with Gasteiger partial charge in [0.15, 0.2) is 0 Å². The summed E-state index contributed by atoms with van der Waals surface area (Å²) in [6.07, 6.45) is 3.20. The van der Waals surface area contributed by atoms with Crippen LogP contribution in [0.15, 0.2) is 0 Å². The van der Waals surface area contributed by atoms with E-state index in [9.17, 15) is 9.36 Å². The highest BCUT2D eigenvalue weighted by Gasteiger charge is 2.46. The highest BCUT2D eigenvalue weighted by molar-refractivity contribution is 7.54. The molecule has 0 heterocycles. The van der Waals surface area contributed by atoms with Crippen molar-refractivity contribution in [1.82, 2.24) is 0 Å². The Balaban J connectivity index is 3.02. The lowest BCUT2D eigenvalue weighted by molar-refractivity contribution is -0.145. The molecule has 7 heteroatoms. The molecule has 1 aliphatic rings. The first-order valence-electron chi connectivity index (χ1n) is 7.50. The SMILES string of the molecule is CC(C)OP(=O)(OC(C)C)C(OC(=O)CCl)C1CCCC1.